The number of fused-ring (bicyclic) bond motifs is 1. The van der Waals surface area contributed by atoms with Crippen LogP contribution in [0.25, 0.3) is 0 Å². The topological polar surface area (TPSA) is 57.6 Å². The number of anilines is 1. The van der Waals surface area contributed by atoms with Gasteiger partial charge in [0.05, 0.1) is 12.1 Å². The molecule has 30 heavy (non-hydrogen) atoms. The summed E-state index contributed by atoms with van der Waals surface area (Å²) in [5.41, 5.74) is 0.585. The van der Waals surface area contributed by atoms with Gasteiger partial charge in [0.2, 0.25) is 0 Å². The van der Waals surface area contributed by atoms with Crippen LogP contribution in [0.15, 0.2) is 78.9 Å². The standard InChI is InChI=1S/C25H22FNO3/c26-20-14-12-19(13-15-20)23(28)17-25(30)21-10-4-5-11-22(21)27(24(25)29)16-6-9-18-7-2-1-3-8-18/h1-5,7-8,10-15,30H,6,9,16-17H2/t25-/m0/s1. The summed E-state index contributed by atoms with van der Waals surface area (Å²) in [7, 11) is 0. The van der Waals surface area contributed by atoms with E-state index in [9.17, 15) is 19.1 Å². The van der Waals surface area contributed by atoms with Gasteiger partial charge in [0.15, 0.2) is 11.4 Å². The third-order valence-electron chi connectivity index (χ3n) is 5.51. The molecule has 152 valence electrons. The van der Waals surface area contributed by atoms with Crippen LogP contribution >= 0.6 is 0 Å². The van der Waals surface area contributed by atoms with Crippen molar-refractivity contribution in [1.82, 2.24) is 0 Å². The third kappa shape index (κ3) is 3.76. The average Bonchev–Trinajstić information content (AvgIpc) is 2.97. The number of hydrogen-bond acceptors (Lipinski definition) is 3. The van der Waals surface area contributed by atoms with E-state index in [4.69, 9.17) is 0 Å². The fraction of sp³-hybridized carbons (Fsp3) is 0.200. The van der Waals surface area contributed by atoms with Gasteiger partial charge >= 0.3 is 0 Å². The second-order valence-corrected chi connectivity index (χ2v) is 7.53. The first-order chi connectivity index (χ1) is 14.5. The first-order valence-corrected chi connectivity index (χ1v) is 9.95. The summed E-state index contributed by atoms with van der Waals surface area (Å²) in [5, 5.41) is 11.3. The zero-order valence-corrected chi connectivity index (χ0v) is 16.4. The van der Waals surface area contributed by atoms with E-state index >= 15 is 0 Å². The number of carbonyl (C=O) groups excluding carboxylic acids is 2. The lowest BCUT2D eigenvalue weighted by molar-refractivity contribution is -0.135. The first kappa shape index (κ1) is 20.0. The minimum Gasteiger partial charge on any atom is -0.375 e. The summed E-state index contributed by atoms with van der Waals surface area (Å²) >= 11 is 0. The molecular weight excluding hydrogens is 381 g/mol. The van der Waals surface area contributed by atoms with Gasteiger partial charge < -0.3 is 10.0 Å². The van der Waals surface area contributed by atoms with E-state index in [1.807, 2.05) is 36.4 Å². The lowest BCUT2D eigenvalue weighted by atomic mass is 9.88. The Morgan fingerprint density at radius 1 is 0.933 bits per heavy atom. The molecule has 3 aromatic carbocycles. The molecule has 1 amide bonds. The van der Waals surface area contributed by atoms with E-state index in [-0.39, 0.29) is 12.0 Å². The highest BCUT2D eigenvalue weighted by Crippen LogP contribution is 2.42. The Morgan fingerprint density at radius 2 is 1.60 bits per heavy atom. The first-order valence-electron chi connectivity index (χ1n) is 9.95. The molecule has 0 aliphatic carbocycles. The molecule has 0 unspecified atom stereocenters. The number of hydrogen-bond donors (Lipinski definition) is 1. The molecule has 0 radical (unpaired) electrons. The quantitative estimate of drug-likeness (QED) is 0.600. The summed E-state index contributed by atoms with van der Waals surface area (Å²) in [5.74, 6) is -1.35. The van der Waals surface area contributed by atoms with Crippen LogP contribution < -0.4 is 4.90 Å². The van der Waals surface area contributed by atoms with E-state index in [2.05, 4.69) is 0 Å². The van der Waals surface area contributed by atoms with Gasteiger partial charge in [-0.05, 0) is 48.7 Å². The number of aryl methyl sites for hydroxylation is 1. The molecule has 0 saturated heterocycles. The number of ketones is 1. The molecule has 1 heterocycles. The van der Waals surface area contributed by atoms with Crippen LogP contribution in [0.1, 0.15) is 34.3 Å². The lowest BCUT2D eigenvalue weighted by Crippen LogP contribution is -2.42. The fourth-order valence-electron chi connectivity index (χ4n) is 3.96. The molecular formula is C25H22FNO3. The van der Waals surface area contributed by atoms with Crippen molar-refractivity contribution in [3.8, 4) is 0 Å². The highest BCUT2D eigenvalue weighted by atomic mass is 19.1. The molecule has 4 nitrogen and oxygen atoms in total. The number of aliphatic hydroxyl groups is 1. The molecule has 4 rings (SSSR count). The number of Topliss-reactive ketones (excluding diaryl/α,β-unsaturated/α-hetero) is 1. The minimum atomic E-state index is -1.92. The Kier molecular flexibility index (Phi) is 5.46. The van der Waals surface area contributed by atoms with Crippen molar-refractivity contribution in [2.45, 2.75) is 24.9 Å². The normalized spacial score (nSPS) is 17.8. The van der Waals surface area contributed by atoms with Gasteiger partial charge in [0.25, 0.3) is 5.91 Å². The van der Waals surface area contributed by atoms with Crippen molar-refractivity contribution in [2.24, 2.45) is 0 Å². The smallest absolute Gasteiger partial charge is 0.264 e. The summed E-state index contributed by atoms with van der Waals surface area (Å²) in [4.78, 5) is 27.5. The van der Waals surface area contributed by atoms with E-state index < -0.39 is 23.1 Å². The zero-order valence-electron chi connectivity index (χ0n) is 16.4. The van der Waals surface area contributed by atoms with Crippen LogP contribution in [0.3, 0.4) is 0 Å². The van der Waals surface area contributed by atoms with Gasteiger partial charge in [-0.1, -0.05) is 48.5 Å². The Morgan fingerprint density at radius 3 is 2.33 bits per heavy atom. The number of halogens is 1. The summed E-state index contributed by atoms with van der Waals surface area (Å²) in [6.45, 7) is 0.442. The predicted molar refractivity (Wildman–Crippen MR) is 113 cm³/mol. The molecule has 1 aliphatic rings. The maximum atomic E-state index is 13.2. The number of nitrogens with zero attached hydrogens (tertiary/aromatic N) is 1. The molecule has 0 spiro atoms. The second-order valence-electron chi connectivity index (χ2n) is 7.53. The average molecular weight is 403 g/mol. The summed E-state index contributed by atoms with van der Waals surface area (Å²) in [6.07, 6.45) is 1.15. The summed E-state index contributed by atoms with van der Waals surface area (Å²) in [6, 6.07) is 22.1. The SMILES string of the molecule is O=C(C[C@@]1(O)C(=O)N(CCCc2ccccc2)c2ccccc21)c1ccc(F)cc1. The molecule has 1 N–H and O–H groups in total. The Balaban J connectivity index is 1.54. The van der Waals surface area contributed by atoms with Crippen molar-refractivity contribution in [3.63, 3.8) is 0 Å². The molecule has 1 aliphatic heterocycles. The van der Waals surface area contributed by atoms with Crippen molar-refractivity contribution < 1.29 is 19.1 Å². The van der Waals surface area contributed by atoms with Gasteiger partial charge in [-0.15, -0.1) is 0 Å². The maximum Gasteiger partial charge on any atom is 0.264 e. The molecule has 5 heteroatoms. The molecule has 0 fully saturated rings. The van der Waals surface area contributed by atoms with Crippen LogP contribution in [0.4, 0.5) is 10.1 Å². The van der Waals surface area contributed by atoms with Crippen molar-refractivity contribution >= 4 is 17.4 Å². The summed E-state index contributed by atoms with van der Waals surface area (Å²) < 4.78 is 13.2. The van der Waals surface area contributed by atoms with Crippen molar-refractivity contribution in [1.29, 1.82) is 0 Å². The monoisotopic (exact) mass is 403 g/mol. The van der Waals surface area contributed by atoms with Gasteiger partial charge in [0, 0.05) is 17.7 Å². The number of carbonyl (C=O) groups is 2. The van der Waals surface area contributed by atoms with Gasteiger partial charge in [-0.2, -0.15) is 0 Å². The molecule has 0 aromatic heterocycles. The van der Waals surface area contributed by atoms with Crippen LogP contribution in [-0.2, 0) is 16.8 Å². The van der Waals surface area contributed by atoms with Gasteiger partial charge in [0.1, 0.15) is 5.82 Å². The Labute approximate surface area is 174 Å². The van der Waals surface area contributed by atoms with Gasteiger partial charge in [-0.3, -0.25) is 9.59 Å². The highest BCUT2D eigenvalue weighted by molar-refractivity contribution is 6.10. The second kappa shape index (κ2) is 8.20. The third-order valence-corrected chi connectivity index (χ3v) is 5.51. The Hall–Kier alpha value is -3.31. The number of rotatable bonds is 7. The minimum absolute atomic E-state index is 0.262. The van der Waals surface area contributed by atoms with E-state index in [0.717, 1.165) is 12.8 Å². The van der Waals surface area contributed by atoms with E-state index in [1.165, 1.54) is 29.8 Å². The van der Waals surface area contributed by atoms with Crippen LogP contribution in [0, 0.1) is 5.82 Å². The Bertz CT molecular complexity index is 1070. The fourth-order valence-corrected chi connectivity index (χ4v) is 3.96. The molecule has 0 bridgehead atoms. The number of para-hydroxylation sites is 1. The van der Waals surface area contributed by atoms with Crippen molar-refractivity contribution in [2.75, 3.05) is 11.4 Å². The van der Waals surface area contributed by atoms with Crippen LogP contribution in [0.2, 0.25) is 0 Å². The largest absolute Gasteiger partial charge is 0.375 e. The lowest BCUT2D eigenvalue weighted by Gasteiger charge is -2.23. The molecule has 3 aromatic rings. The van der Waals surface area contributed by atoms with E-state index in [0.29, 0.717) is 17.8 Å². The number of amides is 1. The van der Waals surface area contributed by atoms with Gasteiger partial charge in [-0.25, -0.2) is 4.39 Å². The predicted octanol–water partition coefficient (Wildman–Crippen LogP) is 4.27. The maximum absolute atomic E-state index is 13.2. The highest BCUT2D eigenvalue weighted by Gasteiger charge is 2.50. The molecule has 0 saturated carbocycles. The van der Waals surface area contributed by atoms with Crippen LogP contribution in [0.5, 0.6) is 0 Å². The van der Waals surface area contributed by atoms with E-state index in [1.54, 1.807) is 23.1 Å². The van der Waals surface area contributed by atoms with Crippen LogP contribution in [-0.4, -0.2) is 23.3 Å². The number of benzene rings is 3. The zero-order chi connectivity index (χ0) is 21.1. The van der Waals surface area contributed by atoms with Crippen molar-refractivity contribution in [3.05, 3.63) is 101 Å². The molecule has 1 atom stereocenters.